The van der Waals surface area contributed by atoms with Gasteiger partial charge in [-0.1, -0.05) is 48.2 Å². The third-order valence-corrected chi connectivity index (χ3v) is 7.59. The fourth-order valence-electron chi connectivity index (χ4n) is 4.29. The number of tetrazole rings is 1. The van der Waals surface area contributed by atoms with Gasteiger partial charge in [0.2, 0.25) is 11.0 Å². The summed E-state index contributed by atoms with van der Waals surface area (Å²) in [6, 6.07) is 13.1. The first-order valence-corrected chi connectivity index (χ1v) is 13.4. The van der Waals surface area contributed by atoms with Gasteiger partial charge in [-0.3, -0.25) is 4.79 Å². The Bertz CT molecular complexity index is 1580. The van der Waals surface area contributed by atoms with Crippen molar-refractivity contribution < 1.29 is 41.3 Å². The number of thioether (sulfide) groups is 1. The number of aryl methyl sites for hydroxylation is 1. The van der Waals surface area contributed by atoms with Crippen LogP contribution in [0.1, 0.15) is 45.9 Å². The van der Waals surface area contributed by atoms with Gasteiger partial charge in [-0.05, 0) is 33.7 Å². The molecule has 15 heteroatoms. The number of anilines is 1. The van der Waals surface area contributed by atoms with Gasteiger partial charge in [0.25, 0.3) is 5.91 Å². The summed E-state index contributed by atoms with van der Waals surface area (Å²) in [5.74, 6) is -12.4. The van der Waals surface area contributed by atoms with E-state index in [0.717, 1.165) is 11.1 Å². The number of carbonyl (C=O) groups excluding carboxylic acids is 1. The van der Waals surface area contributed by atoms with E-state index in [1.165, 1.54) is 34.6 Å². The Morgan fingerprint density at radius 2 is 1.69 bits per heavy atom. The van der Waals surface area contributed by atoms with Crippen molar-refractivity contribution in [1.82, 2.24) is 20.2 Å². The van der Waals surface area contributed by atoms with Crippen LogP contribution in [0.5, 0.6) is 0 Å². The Kier molecular flexibility index (Phi) is 8.82. The van der Waals surface area contributed by atoms with Crippen LogP contribution < -0.4 is 5.32 Å². The Morgan fingerprint density at radius 3 is 2.33 bits per heavy atom. The first-order valence-electron chi connectivity index (χ1n) is 12.4. The lowest BCUT2D eigenvalue weighted by molar-refractivity contribution is -0.245. The highest BCUT2D eigenvalue weighted by Gasteiger charge is 2.33. The molecule has 1 saturated heterocycles. The van der Waals surface area contributed by atoms with Gasteiger partial charge >= 0.3 is 0 Å². The first kappa shape index (κ1) is 29.6. The number of amides is 1. The molecule has 0 unspecified atom stereocenters. The molecule has 1 aliphatic rings. The third-order valence-electron chi connectivity index (χ3n) is 6.45. The van der Waals surface area contributed by atoms with E-state index in [-0.39, 0.29) is 18.4 Å². The zero-order valence-corrected chi connectivity index (χ0v) is 22.5. The third kappa shape index (κ3) is 6.13. The Morgan fingerprint density at radius 1 is 1.00 bits per heavy atom. The summed E-state index contributed by atoms with van der Waals surface area (Å²) < 4.78 is 83.0. The van der Waals surface area contributed by atoms with Gasteiger partial charge in [0, 0.05) is 30.5 Å². The highest BCUT2D eigenvalue weighted by molar-refractivity contribution is 7.99. The van der Waals surface area contributed by atoms with Crippen molar-refractivity contribution >= 4 is 23.4 Å². The normalized spacial score (nSPS) is 18.7. The molecule has 3 aromatic carbocycles. The molecule has 220 valence electrons. The molecule has 9 nitrogen and oxygen atoms in total. The molecule has 4 aromatic rings. The van der Waals surface area contributed by atoms with Crippen LogP contribution in [-0.4, -0.2) is 43.1 Å². The lowest BCUT2D eigenvalue weighted by atomic mass is 10.0. The van der Waals surface area contributed by atoms with Crippen molar-refractivity contribution in [2.45, 2.75) is 36.7 Å². The molecule has 1 amide bonds. The number of carbonyl (C=O) groups is 1. The van der Waals surface area contributed by atoms with Gasteiger partial charge in [-0.2, -0.15) is 0 Å². The summed E-state index contributed by atoms with van der Waals surface area (Å²) in [5.41, 5.74) is 0.355. The number of nitrogens with one attached hydrogen (secondary N) is 1. The minimum absolute atomic E-state index is 0.000789. The number of ether oxygens (including phenoxy) is 2. The Labute approximate surface area is 239 Å². The number of nitrogens with zero attached hydrogens (tertiary/aromatic N) is 4. The number of benzene rings is 3. The van der Waals surface area contributed by atoms with Crippen LogP contribution in [0.25, 0.3) is 0 Å². The number of hydrogen-bond acceptors (Lipinski definition) is 8. The molecule has 2 N–H and O–H groups in total. The molecule has 42 heavy (non-hydrogen) atoms. The number of aliphatic hydroxyl groups excluding tert-OH is 1. The van der Waals surface area contributed by atoms with E-state index in [4.69, 9.17) is 9.47 Å². The number of rotatable bonds is 8. The van der Waals surface area contributed by atoms with Crippen molar-refractivity contribution in [1.29, 1.82) is 0 Å². The predicted molar refractivity (Wildman–Crippen MR) is 139 cm³/mol. The highest BCUT2D eigenvalue weighted by atomic mass is 32.2. The smallest absolute Gasteiger partial charge is 0.261 e. The molecule has 0 saturated carbocycles. The summed E-state index contributed by atoms with van der Waals surface area (Å²) in [6.07, 6.45) is -1.30. The van der Waals surface area contributed by atoms with Crippen molar-refractivity contribution in [3.8, 4) is 0 Å². The van der Waals surface area contributed by atoms with Gasteiger partial charge in [0.15, 0.2) is 29.6 Å². The van der Waals surface area contributed by atoms with E-state index >= 15 is 0 Å². The number of aromatic nitrogens is 4. The summed E-state index contributed by atoms with van der Waals surface area (Å²) in [5, 5.41) is 23.5. The maximum absolute atomic E-state index is 14.2. The molecule has 3 atom stereocenters. The van der Waals surface area contributed by atoms with Crippen molar-refractivity contribution in [3.63, 3.8) is 0 Å². The van der Waals surface area contributed by atoms with E-state index in [1.807, 2.05) is 12.1 Å². The quantitative estimate of drug-likeness (QED) is 0.125. The van der Waals surface area contributed by atoms with Crippen molar-refractivity contribution in [2.24, 2.45) is 7.05 Å². The maximum atomic E-state index is 14.2. The van der Waals surface area contributed by atoms with Gasteiger partial charge < -0.3 is 19.9 Å². The summed E-state index contributed by atoms with van der Waals surface area (Å²) >= 11 is 1.37. The fraction of sp³-hybridized carbons (Fsp3) is 0.259. The monoisotopic (exact) mass is 607 g/mol. The molecular formula is C27H22F5N5O4S. The minimum atomic E-state index is -2.36. The topological polar surface area (TPSA) is 111 Å². The average Bonchev–Trinajstić information content (AvgIpc) is 3.42. The number of hydrogen-bond donors (Lipinski definition) is 2. The summed E-state index contributed by atoms with van der Waals surface area (Å²) in [6.45, 7) is -0.119. The maximum Gasteiger partial charge on any atom is 0.261 e. The van der Waals surface area contributed by atoms with Crippen LogP contribution in [0.2, 0.25) is 0 Å². The first-order chi connectivity index (χ1) is 20.2. The summed E-state index contributed by atoms with van der Waals surface area (Å²) in [4.78, 5) is 12.6. The fourth-order valence-corrected chi connectivity index (χ4v) is 5.16. The van der Waals surface area contributed by atoms with Crippen LogP contribution in [0, 0.1) is 29.1 Å². The van der Waals surface area contributed by atoms with Crippen LogP contribution in [0.3, 0.4) is 0 Å². The molecule has 2 heterocycles. The van der Waals surface area contributed by atoms with Crippen molar-refractivity contribution in [2.75, 3.05) is 11.1 Å². The molecule has 0 aliphatic carbocycles. The standard InChI is InChI=1S/C27H22F5N5O4S/c1-37-27(34-35-36-37)42-12-17-10-18(14-7-5-13(11-38)6-8-14)41-26(40-17)15-3-2-4-16(9-15)33-25(39)19-20(28)22(30)24(32)23(31)21(19)29/h2-9,17-18,26,38H,10-12H2,1H3,(H,33,39)/t17-,18+,26+/m0/s1. The van der Waals surface area contributed by atoms with E-state index in [9.17, 15) is 31.9 Å². The van der Waals surface area contributed by atoms with Crippen molar-refractivity contribution in [3.05, 3.63) is 99.9 Å². The Hall–Kier alpha value is -3.92. The van der Waals surface area contributed by atoms with E-state index in [2.05, 4.69) is 20.8 Å². The molecule has 0 spiro atoms. The summed E-state index contributed by atoms with van der Waals surface area (Å²) in [7, 11) is 1.70. The molecule has 0 radical (unpaired) electrons. The second kappa shape index (κ2) is 12.5. The van der Waals surface area contributed by atoms with Gasteiger partial charge in [-0.15, -0.1) is 5.10 Å². The Balaban J connectivity index is 1.39. The average molecular weight is 608 g/mol. The molecule has 0 bridgehead atoms. The molecule has 5 rings (SSSR count). The van der Waals surface area contributed by atoms with E-state index in [0.29, 0.717) is 22.9 Å². The van der Waals surface area contributed by atoms with E-state index in [1.54, 1.807) is 25.2 Å². The van der Waals surface area contributed by atoms with Gasteiger partial charge in [0.1, 0.15) is 5.56 Å². The molecule has 1 aromatic heterocycles. The molecule has 1 aliphatic heterocycles. The number of halogens is 5. The second-order valence-electron chi connectivity index (χ2n) is 9.27. The van der Waals surface area contributed by atoms with Crippen LogP contribution in [0.15, 0.2) is 53.7 Å². The van der Waals surface area contributed by atoms with E-state index < -0.39 is 53.0 Å². The lowest BCUT2D eigenvalue weighted by Gasteiger charge is -2.36. The van der Waals surface area contributed by atoms with Crippen LogP contribution in [0.4, 0.5) is 27.6 Å². The number of aliphatic hydroxyl groups is 1. The lowest BCUT2D eigenvalue weighted by Crippen LogP contribution is -2.31. The largest absolute Gasteiger partial charge is 0.392 e. The minimum Gasteiger partial charge on any atom is -0.392 e. The van der Waals surface area contributed by atoms with Gasteiger partial charge in [0.05, 0.1) is 18.8 Å². The SMILES string of the molecule is Cn1nnnc1SC[C@@H]1C[C@H](c2ccc(CO)cc2)O[C@H](c2cccc(NC(=O)c3c(F)c(F)c(F)c(F)c3F)c2)O1. The predicted octanol–water partition coefficient (Wildman–Crippen LogP) is 4.99. The zero-order valence-electron chi connectivity index (χ0n) is 21.7. The zero-order chi connectivity index (χ0) is 30.0. The van der Waals surface area contributed by atoms with Crippen LogP contribution >= 0.6 is 11.8 Å². The van der Waals surface area contributed by atoms with Gasteiger partial charge in [-0.25, -0.2) is 26.6 Å². The second-order valence-corrected chi connectivity index (χ2v) is 10.3. The molecular weight excluding hydrogens is 585 g/mol. The van der Waals surface area contributed by atoms with Crippen LogP contribution in [-0.2, 0) is 23.1 Å². The highest BCUT2D eigenvalue weighted by Crippen LogP contribution is 2.39. The molecule has 1 fully saturated rings.